The van der Waals surface area contributed by atoms with Crippen LogP contribution in [0.4, 0.5) is 5.69 Å². The number of carbonyl (C=O) groups is 1. The monoisotopic (exact) mass is 269 g/mol. The van der Waals surface area contributed by atoms with Gasteiger partial charge in [0, 0.05) is 12.7 Å². The van der Waals surface area contributed by atoms with Crippen molar-refractivity contribution in [3.63, 3.8) is 0 Å². The molecule has 0 aliphatic rings. The molecule has 1 aromatic carbocycles. The molecule has 104 valence electrons. The van der Waals surface area contributed by atoms with Crippen molar-refractivity contribution in [1.29, 1.82) is 0 Å². The molecular formula is C16H19N3O. The highest BCUT2D eigenvalue weighted by Crippen LogP contribution is 2.14. The van der Waals surface area contributed by atoms with Crippen molar-refractivity contribution in [1.82, 2.24) is 10.3 Å². The molecule has 0 aliphatic heterocycles. The number of nitrogen functional groups attached to an aromatic ring is 1. The van der Waals surface area contributed by atoms with Crippen LogP contribution in [0.1, 0.15) is 41.4 Å². The number of hydrogen-bond donors (Lipinski definition) is 2. The Hall–Kier alpha value is -2.36. The molecule has 1 aromatic heterocycles. The van der Waals surface area contributed by atoms with Crippen LogP contribution in [0.2, 0.25) is 0 Å². The largest absolute Gasteiger partial charge is 0.397 e. The van der Waals surface area contributed by atoms with Crippen LogP contribution in [-0.4, -0.2) is 10.9 Å². The number of anilines is 1. The Morgan fingerprint density at radius 3 is 2.55 bits per heavy atom. The average molecular weight is 269 g/mol. The van der Waals surface area contributed by atoms with Gasteiger partial charge in [-0.05, 0) is 29.2 Å². The topological polar surface area (TPSA) is 68.0 Å². The highest BCUT2D eigenvalue weighted by molar-refractivity contribution is 5.96. The van der Waals surface area contributed by atoms with Gasteiger partial charge < -0.3 is 11.1 Å². The van der Waals surface area contributed by atoms with Crippen molar-refractivity contribution < 1.29 is 4.79 Å². The van der Waals surface area contributed by atoms with E-state index in [0.29, 0.717) is 18.2 Å². The maximum Gasteiger partial charge on any atom is 0.272 e. The lowest BCUT2D eigenvalue weighted by atomic mass is 10.0. The molecule has 4 heteroatoms. The van der Waals surface area contributed by atoms with Crippen LogP contribution >= 0.6 is 0 Å². The van der Waals surface area contributed by atoms with Crippen molar-refractivity contribution in [3.8, 4) is 0 Å². The third kappa shape index (κ3) is 3.35. The summed E-state index contributed by atoms with van der Waals surface area (Å²) >= 11 is 0. The van der Waals surface area contributed by atoms with Crippen LogP contribution in [0, 0.1) is 0 Å². The molecule has 0 atom stereocenters. The van der Waals surface area contributed by atoms with Gasteiger partial charge in [-0.1, -0.05) is 38.1 Å². The van der Waals surface area contributed by atoms with Gasteiger partial charge in [0.2, 0.25) is 0 Å². The van der Waals surface area contributed by atoms with Gasteiger partial charge in [0.1, 0.15) is 0 Å². The third-order valence-electron chi connectivity index (χ3n) is 3.15. The lowest BCUT2D eigenvalue weighted by Gasteiger charge is -2.09. The summed E-state index contributed by atoms with van der Waals surface area (Å²) in [6.07, 6.45) is 1.56. The predicted molar refractivity (Wildman–Crippen MR) is 80.4 cm³/mol. The van der Waals surface area contributed by atoms with Crippen molar-refractivity contribution in [2.75, 3.05) is 5.73 Å². The third-order valence-corrected chi connectivity index (χ3v) is 3.15. The normalized spacial score (nSPS) is 10.6. The first kappa shape index (κ1) is 14.1. The molecule has 0 unspecified atom stereocenters. The molecule has 1 heterocycles. The fraction of sp³-hybridized carbons (Fsp3) is 0.250. The molecule has 2 rings (SSSR count). The molecule has 3 N–H and O–H groups in total. The molecule has 0 aliphatic carbocycles. The first-order valence-electron chi connectivity index (χ1n) is 6.65. The molecule has 1 amide bonds. The summed E-state index contributed by atoms with van der Waals surface area (Å²) in [4.78, 5) is 16.0. The highest BCUT2D eigenvalue weighted by atomic mass is 16.1. The van der Waals surface area contributed by atoms with Crippen LogP contribution in [0.3, 0.4) is 0 Å². The molecule has 0 fully saturated rings. The van der Waals surface area contributed by atoms with Crippen molar-refractivity contribution in [2.24, 2.45) is 0 Å². The van der Waals surface area contributed by atoms with Crippen LogP contribution in [-0.2, 0) is 6.54 Å². The summed E-state index contributed by atoms with van der Waals surface area (Å²) in [7, 11) is 0. The quantitative estimate of drug-likeness (QED) is 0.896. The fourth-order valence-electron chi connectivity index (χ4n) is 1.89. The number of nitrogens with one attached hydrogen (secondary N) is 1. The number of rotatable bonds is 4. The standard InChI is InChI=1S/C16H19N3O/c1-11(2)13-7-5-12(6-8-13)10-19-16(20)15-14(17)4-3-9-18-15/h3-9,11H,10,17H2,1-2H3,(H,19,20). The van der Waals surface area contributed by atoms with Crippen LogP contribution in [0.25, 0.3) is 0 Å². The zero-order chi connectivity index (χ0) is 14.5. The lowest BCUT2D eigenvalue weighted by Crippen LogP contribution is -2.24. The number of benzene rings is 1. The van der Waals surface area contributed by atoms with Gasteiger partial charge in [-0.25, -0.2) is 4.98 Å². The van der Waals surface area contributed by atoms with Gasteiger partial charge in [-0.3, -0.25) is 4.79 Å². The summed E-state index contributed by atoms with van der Waals surface area (Å²) in [6, 6.07) is 11.6. The number of nitrogens with two attached hydrogens (primary N) is 1. The van der Waals surface area contributed by atoms with E-state index < -0.39 is 0 Å². The molecule has 0 spiro atoms. The van der Waals surface area contributed by atoms with Crippen LogP contribution < -0.4 is 11.1 Å². The van der Waals surface area contributed by atoms with E-state index in [0.717, 1.165) is 5.56 Å². The Labute approximate surface area is 119 Å². The lowest BCUT2D eigenvalue weighted by molar-refractivity contribution is 0.0947. The first-order chi connectivity index (χ1) is 9.58. The molecule has 2 aromatic rings. The maximum absolute atomic E-state index is 12.0. The summed E-state index contributed by atoms with van der Waals surface area (Å²) in [5.74, 6) is 0.253. The Kier molecular flexibility index (Phi) is 4.35. The van der Waals surface area contributed by atoms with Crippen LogP contribution in [0.15, 0.2) is 42.6 Å². The number of nitrogens with zero attached hydrogens (tertiary/aromatic N) is 1. The number of carbonyl (C=O) groups excluding carboxylic acids is 1. The maximum atomic E-state index is 12.0. The summed E-state index contributed by atoms with van der Waals surface area (Å²) < 4.78 is 0. The summed E-state index contributed by atoms with van der Waals surface area (Å²) in [6.45, 7) is 4.77. The van der Waals surface area contributed by atoms with E-state index in [1.807, 2.05) is 12.1 Å². The van der Waals surface area contributed by atoms with E-state index >= 15 is 0 Å². The molecule has 20 heavy (non-hydrogen) atoms. The zero-order valence-electron chi connectivity index (χ0n) is 11.8. The average Bonchev–Trinajstić information content (AvgIpc) is 2.45. The SMILES string of the molecule is CC(C)c1ccc(CNC(=O)c2ncccc2N)cc1. The Morgan fingerprint density at radius 2 is 1.95 bits per heavy atom. The van der Waals surface area contributed by atoms with Gasteiger partial charge >= 0.3 is 0 Å². The number of aromatic nitrogens is 1. The van der Waals surface area contributed by atoms with Crippen molar-refractivity contribution in [2.45, 2.75) is 26.3 Å². The van der Waals surface area contributed by atoms with Gasteiger partial charge in [0.05, 0.1) is 5.69 Å². The van der Waals surface area contributed by atoms with Crippen molar-refractivity contribution in [3.05, 3.63) is 59.4 Å². The van der Waals surface area contributed by atoms with Gasteiger partial charge in [-0.15, -0.1) is 0 Å². The van der Waals surface area contributed by atoms with E-state index in [1.165, 1.54) is 5.56 Å². The smallest absolute Gasteiger partial charge is 0.272 e. The molecule has 0 bridgehead atoms. The molecular weight excluding hydrogens is 250 g/mol. The predicted octanol–water partition coefficient (Wildman–Crippen LogP) is 2.72. The van der Waals surface area contributed by atoms with Crippen molar-refractivity contribution >= 4 is 11.6 Å². The minimum absolute atomic E-state index is 0.254. The van der Waals surface area contributed by atoms with E-state index in [2.05, 4.69) is 36.3 Å². The number of pyridine rings is 1. The fourth-order valence-corrected chi connectivity index (χ4v) is 1.89. The Bertz CT molecular complexity index is 591. The second-order valence-corrected chi connectivity index (χ2v) is 5.02. The summed E-state index contributed by atoms with van der Waals surface area (Å²) in [5.41, 5.74) is 8.72. The van der Waals surface area contributed by atoms with Gasteiger partial charge in [0.25, 0.3) is 5.91 Å². The second-order valence-electron chi connectivity index (χ2n) is 5.02. The second kappa shape index (κ2) is 6.19. The molecule has 0 saturated heterocycles. The summed E-state index contributed by atoms with van der Waals surface area (Å²) in [5, 5.41) is 2.82. The van der Waals surface area contributed by atoms with E-state index in [-0.39, 0.29) is 11.6 Å². The zero-order valence-corrected chi connectivity index (χ0v) is 11.8. The Morgan fingerprint density at radius 1 is 1.25 bits per heavy atom. The molecule has 4 nitrogen and oxygen atoms in total. The molecule has 0 radical (unpaired) electrons. The highest BCUT2D eigenvalue weighted by Gasteiger charge is 2.10. The van der Waals surface area contributed by atoms with E-state index in [1.54, 1.807) is 18.3 Å². The Balaban J connectivity index is 1.98. The van der Waals surface area contributed by atoms with E-state index in [9.17, 15) is 4.79 Å². The first-order valence-corrected chi connectivity index (χ1v) is 6.65. The van der Waals surface area contributed by atoms with Gasteiger partial charge in [-0.2, -0.15) is 0 Å². The van der Waals surface area contributed by atoms with Gasteiger partial charge in [0.15, 0.2) is 5.69 Å². The minimum atomic E-state index is -0.254. The number of amides is 1. The number of hydrogen-bond acceptors (Lipinski definition) is 3. The molecule has 0 saturated carbocycles. The van der Waals surface area contributed by atoms with Crippen LogP contribution in [0.5, 0.6) is 0 Å². The minimum Gasteiger partial charge on any atom is -0.397 e. The van der Waals surface area contributed by atoms with E-state index in [4.69, 9.17) is 5.73 Å².